The van der Waals surface area contributed by atoms with Gasteiger partial charge in [-0.3, -0.25) is 14.4 Å². The molecule has 0 radical (unpaired) electrons. The molecule has 0 aliphatic rings. The maximum Gasteiger partial charge on any atom is 0.325 e. The van der Waals surface area contributed by atoms with Crippen molar-refractivity contribution in [3.8, 4) is 0 Å². The zero-order valence-electron chi connectivity index (χ0n) is 12.0. The third kappa shape index (κ3) is 7.45. The smallest absolute Gasteiger partial charge is 0.325 e. The van der Waals surface area contributed by atoms with Gasteiger partial charge in [-0.25, -0.2) is 0 Å². The number of carbonyl (C=O) groups excluding carboxylic acids is 3. The third-order valence-electron chi connectivity index (χ3n) is 2.61. The summed E-state index contributed by atoms with van der Waals surface area (Å²) in [4.78, 5) is 34.8. The van der Waals surface area contributed by atoms with Crippen LogP contribution in [0.3, 0.4) is 0 Å². The first kappa shape index (κ1) is 17.2. The number of nitrogens with one attached hydrogen (secondary N) is 2. The van der Waals surface area contributed by atoms with E-state index < -0.39 is 5.97 Å². The van der Waals surface area contributed by atoms with Crippen molar-refractivity contribution in [2.24, 2.45) is 0 Å². The summed E-state index contributed by atoms with van der Waals surface area (Å²) >= 11 is 1.29. The average Bonchev–Trinajstić information content (AvgIpc) is 3.01. The Morgan fingerprint density at radius 2 is 2.05 bits per heavy atom. The summed E-state index contributed by atoms with van der Waals surface area (Å²) in [5, 5.41) is 6.87. The molecule has 1 aromatic rings. The molecule has 0 bridgehead atoms. The van der Waals surface area contributed by atoms with Crippen LogP contribution in [0.4, 0.5) is 0 Å². The van der Waals surface area contributed by atoms with Crippen molar-refractivity contribution in [2.45, 2.75) is 26.2 Å². The standard InChI is InChI=1S/C14H20N2O4S/c1-2-3-4-7-15-12(17)10-20-13(18)9-16-14(19)11-6-5-8-21-11/h5-6,8H,2-4,7,9-10H2,1H3,(H,15,17)(H,16,19). The van der Waals surface area contributed by atoms with Gasteiger partial charge in [-0.1, -0.05) is 25.8 Å². The van der Waals surface area contributed by atoms with Gasteiger partial charge in [0.05, 0.1) is 4.88 Å². The molecule has 0 saturated carbocycles. The normalized spacial score (nSPS) is 9.95. The zero-order valence-corrected chi connectivity index (χ0v) is 12.8. The van der Waals surface area contributed by atoms with E-state index in [1.165, 1.54) is 11.3 Å². The van der Waals surface area contributed by atoms with Gasteiger partial charge in [0.1, 0.15) is 6.54 Å². The largest absolute Gasteiger partial charge is 0.454 e. The fourth-order valence-electron chi connectivity index (χ4n) is 1.50. The Hall–Kier alpha value is -1.89. The lowest BCUT2D eigenvalue weighted by atomic mass is 10.2. The van der Waals surface area contributed by atoms with Gasteiger partial charge in [0.2, 0.25) is 0 Å². The van der Waals surface area contributed by atoms with E-state index in [2.05, 4.69) is 17.6 Å². The molecule has 7 heteroatoms. The summed E-state index contributed by atoms with van der Waals surface area (Å²) in [6.07, 6.45) is 3.04. The van der Waals surface area contributed by atoms with Crippen molar-refractivity contribution in [3.63, 3.8) is 0 Å². The van der Waals surface area contributed by atoms with Gasteiger partial charge in [-0.05, 0) is 17.9 Å². The number of hydrogen-bond acceptors (Lipinski definition) is 5. The molecule has 2 N–H and O–H groups in total. The van der Waals surface area contributed by atoms with Gasteiger partial charge in [-0.2, -0.15) is 0 Å². The van der Waals surface area contributed by atoms with Crippen molar-refractivity contribution in [3.05, 3.63) is 22.4 Å². The van der Waals surface area contributed by atoms with E-state index in [1.54, 1.807) is 17.5 Å². The molecule has 6 nitrogen and oxygen atoms in total. The number of amides is 2. The molecule has 2 amide bonds. The zero-order chi connectivity index (χ0) is 15.5. The molecular formula is C14H20N2O4S. The van der Waals surface area contributed by atoms with Gasteiger partial charge in [-0.15, -0.1) is 11.3 Å². The summed E-state index contributed by atoms with van der Waals surface area (Å²) in [7, 11) is 0. The highest BCUT2D eigenvalue weighted by Crippen LogP contribution is 2.07. The van der Waals surface area contributed by atoms with E-state index in [4.69, 9.17) is 4.74 Å². The molecule has 116 valence electrons. The Labute approximate surface area is 127 Å². The lowest BCUT2D eigenvalue weighted by molar-refractivity contribution is -0.147. The van der Waals surface area contributed by atoms with E-state index in [0.717, 1.165) is 19.3 Å². The molecule has 0 spiro atoms. The molecular weight excluding hydrogens is 292 g/mol. The Bertz CT molecular complexity index is 460. The van der Waals surface area contributed by atoms with E-state index >= 15 is 0 Å². The van der Waals surface area contributed by atoms with Crippen LogP contribution in [0, 0.1) is 0 Å². The van der Waals surface area contributed by atoms with Gasteiger partial charge in [0.25, 0.3) is 11.8 Å². The fraction of sp³-hybridized carbons (Fsp3) is 0.500. The molecule has 1 aromatic heterocycles. The number of hydrogen-bond donors (Lipinski definition) is 2. The number of ether oxygens (including phenoxy) is 1. The second kappa shape index (κ2) is 9.93. The van der Waals surface area contributed by atoms with Crippen LogP contribution in [-0.4, -0.2) is 37.5 Å². The molecule has 0 atom stereocenters. The molecule has 0 unspecified atom stereocenters. The van der Waals surface area contributed by atoms with Crippen molar-refractivity contribution in [1.29, 1.82) is 0 Å². The van der Waals surface area contributed by atoms with E-state index in [0.29, 0.717) is 11.4 Å². The Morgan fingerprint density at radius 3 is 2.71 bits per heavy atom. The van der Waals surface area contributed by atoms with Crippen LogP contribution in [0.1, 0.15) is 35.9 Å². The minimum absolute atomic E-state index is 0.250. The van der Waals surface area contributed by atoms with Gasteiger partial charge < -0.3 is 15.4 Å². The molecule has 0 aromatic carbocycles. The predicted molar refractivity (Wildman–Crippen MR) is 80.1 cm³/mol. The summed E-state index contributed by atoms with van der Waals surface area (Å²) in [6, 6.07) is 3.41. The monoisotopic (exact) mass is 312 g/mol. The van der Waals surface area contributed by atoms with Crippen LogP contribution in [0.2, 0.25) is 0 Å². The van der Waals surface area contributed by atoms with Gasteiger partial charge >= 0.3 is 5.97 Å². The van der Waals surface area contributed by atoms with Crippen LogP contribution >= 0.6 is 11.3 Å². The second-order valence-corrected chi connectivity index (χ2v) is 5.33. The Balaban J connectivity index is 2.11. The summed E-state index contributed by atoms with van der Waals surface area (Å²) in [6.45, 7) is 2.09. The highest BCUT2D eigenvalue weighted by Gasteiger charge is 2.10. The number of carbonyl (C=O) groups is 3. The lowest BCUT2D eigenvalue weighted by Gasteiger charge is -2.07. The fourth-order valence-corrected chi connectivity index (χ4v) is 2.14. The maximum atomic E-state index is 11.6. The second-order valence-electron chi connectivity index (χ2n) is 4.38. The maximum absolute atomic E-state index is 11.6. The minimum atomic E-state index is -0.636. The van der Waals surface area contributed by atoms with Crippen molar-refractivity contribution in [1.82, 2.24) is 10.6 Å². The first-order chi connectivity index (χ1) is 10.1. The first-order valence-corrected chi connectivity index (χ1v) is 7.75. The van der Waals surface area contributed by atoms with Crippen LogP contribution in [-0.2, 0) is 14.3 Å². The number of rotatable bonds is 9. The Kier molecular flexibility index (Phi) is 8.11. The lowest BCUT2D eigenvalue weighted by Crippen LogP contribution is -2.34. The highest BCUT2D eigenvalue weighted by molar-refractivity contribution is 7.12. The minimum Gasteiger partial charge on any atom is -0.454 e. The van der Waals surface area contributed by atoms with Crippen LogP contribution < -0.4 is 10.6 Å². The molecule has 0 fully saturated rings. The highest BCUT2D eigenvalue weighted by atomic mass is 32.1. The van der Waals surface area contributed by atoms with E-state index in [-0.39, 0.29) is 25.0 Å². The van der Waals surface area contributed by atoms with E-state index in [1.807, 2.05) is 0 Å². The SMILES string of the molecule is CCCCCNC(=O)COC(=O)CNC(=O)c1cccs1. The number of thiophene rings is 1. The van der Waals surface area contributed by atoms with Crippen LogP contribution in [0.15, 0.2) is 17.5 Å². The number of unbranched alkanes of at least 4 members (excludes halogenated alkanes) is 2. The van der Waals surface area contributed by atoms with Crippen molar-refractivity contribution < 1.29 is 19.1 Å². The molecule has 21 heavy (non-hydrogen) atoms. The average molecular weight is 312 g/mol. The quantitative estimate of drug-likeness (QED) is 0.532. The van der Waals surface area contributed by atoms with Crippen LogP contribution in [0.25, 0.3) is 0 Å². The van der Waals surface area contributed by atoms with E-state index in [9.17, 15) is 14.4 Å². The Morgan fingerprint density at radius 1 is 1.24 bits per heavy atom. The molecule has 1 rings (SSSR count). The molecule has 0 aliphatic carbocycles. The molecule has 1 heterocycles. The number of esters is 1. The van der Waals surface area contributed by atoms with Crippen molar-refractivity contribution in [2.75, 3.05) is 19.7 Å². The predicted octanol–water partition coefficient (Wildman–Crippen LogP) is 1.33. The molecule has 0 saturated heterocycles. The van der Waals surface area contributed by atoms with Gasteiger partial charge in [0.15, 0.2) is 6.61 Å². The van der Waals surface area contributed by atoms with Crippen molar-refractivity contribution >= 4 is 29.1 Å². The summed E-state index contributed by atoms with van der Waals surface area (Å²) in [5.41, 5.74) is 0. The summed E-state index contributed by atoms with van der Waals surface area (Å²) < 4.78 is 4.77. The summed E-state index contributed by atoms with van der Waals surface area (Å²) in [5.74, 6) is -1.29. The van der Waals surface area contributed by atoms with Gasteiger partial charge in [0, 0.05) is 6.54 Å². The third-order valence-corrected chi connectivity index (χ3v) is 3.47. The first-order valence-electron chi connectivity index (χ1n) is 6.87. The topological polar surface area (TPSA) is 84.5 Å². The molecule has 0 aliphatic heterocycles. The van der Waals surface area contributed by atoms with Crippen LogP contribution in [0.5, 0.6) is 0 Å².